The van der Waals surface area contributed by atoms with Gasteiger partial charge in [-0.25, -0.2) is 4.39 Å². The van der Waals surface area contributed by atoms with Crippen LogP contribution in [0.1, 0.15) is 25.3 Å². The van der Waals surface area contributed by atoms with E-state index >= 15 is 0 Å². The summed E-state index contributed by atoms with van der Waals surface area (Å²) in [5.41, 5.74) is 4.50. The lowest BCUT2D eigenvalue weighted by Gasteiger charge is -2.11. The third kappa shape index (κ3) is 6.04. The van der Waals surface area contributed by atoms with Gasteiger partial charge in [-0.1, -0.05) is 19.4 Å². The molecule has 0 unspecified atom stereocenters. The number of hydrogen-bond acceptors (Lipinski definition) is 5. The molecule has 0 saturated heterocycles. The SMILES string of the molecule is CCCCc1ccc(N=Nc2ccc(N=Nc3ccc(N(C)C)cc3)cc2)cc1F. The smallest absolute Gasteiger partial charge is 0.128 e. The van der Waals surface area contributed by atoms with Crippen molar-refractivity contribution >= 4 is 28.4 Å². The van der Waals surface area contributed by atoms with Gasteiger partial charge in [0.05, 0.1) is 22.7 Å². The molecule has 3 aromatic carbocycles. The van der Waals surface area contributed by atoms with Crippen LogP contribution in [0.4, 0.5) is 32.8 Å². The highest BCUT2D eigenvalue weighted by Crippen LogP contribution is 2.25. The Bertz CT molecular complexity index is 1010. The summed E-state index contributed by atoms with van der Waals surface area (Å²) in [7, 11) is 3.99. The summed E-state index contributed by atoms with van der Waals surface area (Å²) >= 11 is 0. The predicted octanol–water partition coefficient (Wildman–Crippen LogP) is 8.07. The van der Waals surface area contributed by atoms with Crippen molar-refractivity contribution in [1.82, 2.24) is 0 Å². The highest BCUT2D eigenvalue weighted by atomic mass is 19.1. The minimum Gasteiger partial charge on any atom is -0.378 e. The molecule has 0 aliphatic rings. The van der Waals surface area contributed by atoms with Crippen molar-refractivity contribution in [2.45, 2.75) is 26.2 Å². The number of halogens is 1. The number of anilines is 1. The Hall–Kier alpha value is -3.41. The molecule has 6 heteroatoms. The molecule has 3 aromatic rings. The van der Waals surface area contributed by atoms with Gasteiger partial charge >= 0.3 is 0 Å². The quantitative estimate of drug-likeness (QED) is 0.351. The standard InChI is InChI=1S/C24H26FN5/c1-4-5-6-18-7-8-22(17-24(18)25)29-28-20-11-9-19(10-12-20)26-27-21-13-15-23(16-14-21)30(2)3/h7-17H,4-6H2,1-3H3. The summed E-state index contributed by atoms with van der Waals surface area (Å²) in [6.45, 7) is 2.09. The lowest BCUT2D eigenvalue weighted by atomic mass is 10.1. The van der Waals surface area contributed by atoms with Gasteiger partial charge in [-0.3, -0.25) is 0 Å². The van der Waals surface area contributed by atoms with E-state index in [0.29, 0.717) is 11.4 Å². The molecule has 30 heavy (non-hydrogen) atoms. The first kappa shape index (κ1) is 21.3. The highest BCUT2D eigenvalue weighted by molar-refractivity contribution is 5.52. The number of hydrogen-bond donors (Lipinski definition) is 0. The maximum Gasteiger partial charge on any atom is 0.128 e. The topological polar surface area (TPSA) is 52.7 Å². The molecule has 3 rings (SSSR count). The van der Waals surface area contributed by atoms with E-state index in [4.69, 9.17) is 0 Å². The first-order valence-corrected chi connectivity index (χ1v) is 10.0. The lowest BCUT2D eigenvalue weighted by Crippen LogP contribution is -2.07. The van der Waals surface area contributed by atoms with E-state index in [-0.39, 0.29) is 5.82 Å². The average Bonchev–Trinajstić information content (AvgIpc) is 2.76. The number of unbranched alkanes of at least 4 members (excludes halogenated alkanes) is 1. The second-order valence-electron chi connectivity index (χ2n) is 7.21. The lowest BCUT2D eigenvalue weighted by molar-refractivity contribution is 0.603. The number of rotatable bonds is 8. The minimum atomic E-state index is -0.228. The van der Waals surface area contributed by atoms with Gasteiger partial charge in [0, 0.05) is 25.8 Å². The molecule has 5 nitrogen and oxygen atoms in total. The van der Waals surface area contributed by atoms with E-state index in [1.54, 1.807) is 24.3 Å². The first-order chi connectivity index (χ1) is 14.5. The van der Waals surface area contributed by atoms with Gasteiger partial charge in [0.15, 0.2) is 0 Å². The van der Waals surface area contributed by atoms with Crippen molar-refractivity contribution in [2.75, 3.05) is 19.0 Å². The Morgan fingerprint density at radius 2 is 1.17 bits per heavy atom. The second kappa shape index (κ2) is 10.4. The molecule has 0 spiro atoms. The van der Waals surface area contributed by atoms with E-state index in [2.05, 4.69) is 27.4 Å². The Kier molecular flexibility index (Phi) is 7.38. The zero-order valence-corrected chi connectivity index (χ0v) is 17.6. The van der Waals surface area contributed by atoms with Gasteiger partial charge in [0.1, 0.15) is 5.82 Å². The molecule has 154 valence electrons. The van der Waals surface area contributed by atoms with Crippen LogP contribution in [0, 0.1) is 5.82 Å². The van der Waals surface area contributed by atoms with Crippen LogP contribution in [0.15, 0.2) is 87.2 Å². The van der Waals surface area contributed by atoms with E-state index in [0.717, 1.165) is 41.9 Å². The molecule has 0 aliphatic heterocycles. The summed E-state index contributed by atoms with van der Waals surface area (Å²) in [6.07, 6.45) is 2.76. The maximum absolute atomic E-state index is 14.1. The van der Waals surface area contributed by atoms with Crippen LogP contribution >= 0.6 is 0 Å². The summed E-state index contributed by atoms with van der Waals surface area (Å²) < 4.78 is 14.1. The van der Waals surface area contributed by atoms with Crippen LogP contribution < -0.4 is 4.90 Å². The molecule has 0 bridgehead atoms. The summed E-state index contributed by atoms with van der Waals surface area (Å²) in [5, 5.41) is 16.8. The summed E-state index contributed by atoms with van der Waals surface area (Å²) in [4.78, 5) is 2.03. The van der Waals surface area contributed by atoms with Crippen LogP contribution in [0.5, 0.6) is 0 Å². The third-order valence-electron chi connectivity index (χ3n) is 4.61. The Morgan fingerprint density at radius 1 is 0.700 bits per heavy atom. The molecule has 0 aliphatic carbocycles. The fourth-order valence-corrected chi connectivity index (χ4v) is 2.80. The zero-order valence-electron chi connectivity index (χ0n) is 17.6. The maximum atomic E-state index is 14.1. The number of benzene rings is 3. The molecule has 0 saturated carbocycles. The normalized spacial score (nSPS) is 11.5. The van der Waals surface area contributed by atoms with Gasteiger partial charge in [0.2, 0.25) is 0 Å². The van der Waals surface area contributed by atoms with Crippen molar-refractivity contribution in [3.8, 4) is 0 Å². The molecule has 0 amide bonds. The molecule has 0 heterocycles. The van der Waals surface area contributed by atoms with Crippen LogP contribution in [0.2, 0.25) is 0 Å². The average molecular weight is 404 g/mol. The van der Waals surface area contributed by atoms with E-state index in [9.17, 15) is 4.39 Å². The zero-order chi connectivity index (χ0) is 21.3. The van der Waals surface area contributed by atoms with E-state index in [1.165, 1.54) is 6.07 Å². The van der Waals surface area contributed by atoms with Crippen molar-refractivity contribution < 1.29 is 4.39 Å². The van der Waals surface area contributed by atoms with E-state index in [1.807, 2.05) is 55.4 Å². The summed E-state index contributed by atoms with van der Waals surface area (Å²) in [6, 6.07) is 20.1. The van der Waals surface area contributed by atoms with Crippen LogP contribution in [0.3, 0.4) is 0 Å². The van der Waals surface area contributed by atoms with Gasteiger partial charge in [-0.15, -0.1) is 0 Å². The van der Waals surface area contributed by atoms with Crippen molar-refractivity contribution in [1.29, 1.82) is 0 Å². The molecular weight excluding hydrogens is 377 g/mol. The van der Waals surface area contributed by atoms with E-state index < -0.39 is 0 Å². The molecule has 0 fully saturated rings. The molecule has 0 aromatic heterocycles. The number of aryl methyl sites for hydroxylation is 1. The fraction of sp³-hybridized carbons (Fsp3) is 0.250. The van der Waals surface area contributed by atoms with Crippen molar-refractivity contribution in [3.05, 3.63) is 78.1 Å². The molecule has 0 radical (unpaired) electrons. The predicted molar refractivity (Wildman–Crippen MR) is 121 cm³/mol. The van der Waals surface area contributed by atoms with Gasteiger partial charge < -0.3 is 4.90 Å². The number of nitrogens with zero attached hydrogens (tertiary/aromatic N) is 5. The van der Waals surface area contributed by atoms with Crippen LogP contribution in [0.25, 0.3) is 0 Å². The highest BCUT2D eigenvalue weighted by Gasteiger charge is 2.03. The van der Waals surface area contributed by atoms with Crippen molar-refractivity contribution in [2.24, 2.45) is 20.5 Å². The second-order valence-corrected chi connectivity index (χ2v) is 7.21. The van der Waals surface area contributed by atoms with Gasteiger partial charge in [-0.2, -0.15) is 20.5 Å². The number of azo groups is 2. The monoisotopic (exact) mass is 403 g/mol. The van der Waals surface area contributed by atoms with Gasteiger partial charge in [0.25, 0.3) is 0 Å². The van der Waals surface area contributed by atoms with Crippen molar-refractivity contribution in [3.63, 3.8) is 0 Å². The fourth-order valence-electron chi connectivity index (χ4n) is 2.80. The first-order valence-electron chi connectivity index (χ1n) is 10.0. The van der Waals surface area contributed by atoms with Gasteiger partial charge in [-0.05, 0) is 73.0 Å². The largest absolute Gasteiger partial charge is 0.378 e. The third-order valence-corrected chi connectivity index (χ3v) is 4.61. The molecular formula is C24H26FN5. The Balaban J connectivity index is 1.62. The van der Waals surface area contributed by atoms with Crippen LogP contribution in [-0.4, -0.2) is 14.1 Å². The minimum absolute atomic E-state index is 0.228. The molecule has 0 N–H and O–H groups in total. The Labute approximate surface area is 177 Å². The Morgan fingerprint density at radius 3 is 1.63 bits per heavy atom. The van der Waals surface area contributed by atoms with Crippen LogP contribution in [-0.2, 0) is 6.42 Å². The summed E-state index contributed by atoms with van der Waals surface area (Å²) in [5.74, 6) is -0.228. The molecule has 0 atom stereocenters.